The maximum atomic E-state index is 2.30. The van der Waals surface area contributed by atoms with Crippen LogP contribution in [0.2, 0.25) is 0 Å². The van der Waals surface area contributed by atoms with Crippen LogP contribution >= 0.6 is 0 Å². The van der Waals surface area contributed by atoms with Crippen LogP contribution in [0.25, 0.3) is 0 Å². The Labute approximate surface area is 71.0 Å². The molecule has 0 amide bonds. The molecule has 0 N–H and O–H groups in total. The van der Waals surface area contributed by atoms with Crippen molar-refractivity contribution in [1.82, 2.24) is 0 Å². The van der Waals surface area contributed by atoms with Gasteiger partial charge in [0.15, 0.2) is 0 Å². The van der Waals surface area contributed by atoms with Crippen molar-refractivity contribution in [1.29, 1.82) is 0 Å². The summed E-state index contributed by atoms with van der Waals surface area (Å²) in [6.45, 7) is 8.66. The molecule has 0 aromatic carbocycles. The Morgan fingerprint density at radius 1 is 1.27 bits per heavy atom. The molecule has 0 saturated heterocycles. The highest BCUT2D eigenvalue weighted by atomic mass is 14.0. The molecule has 0 heterocycles. The van der Waals surface area contributed by atoms with E-state index >= 15 is 0 Å². The number of hydrogen-bond acceptors (Lipinski definition) is 0. The first-order valence-corrected chi connectivity index (χ1v) is 4.48. The van der Waals surface area contributed by atoms with E-state index in [2.05, 4.69) is 39.8 Å². The molecule has 0 rings (SSSR count). The van der Waals surface area contributed by atoms with E-state index in [1.807, 2.05) is 0 Å². The molecule has 0 aliphatic carbocycles. The summed E-state index contributed by atoms with van der Waals surface area (Å²) >= 11 is 0. The van der Waals surface area contributed by atoms with Gasteiger partial charge in [0.05, 0.1) is 0 Å². The topological polar surface area (TPSA) is 0 Å². The van der Waals surface area contributed by atoms with Crippen LogP contribution in [-0.2, 0) is 0 Å². The molecule has 11 heavy (non-hydrogen) atoms. The SMILES string of the molecule is CC=C(CC=C(C)C)CCC. The highest BCUT2D eigenvalue weighted by Crippen LogP contribution is 2.11. The van der Waals surface area contributed by atoms with E-state index in [0.29, 0.717) is 0 Å². The standard InChI is InChI=1S/C11H20/c1-5-7-11(6-2)9-8-10(3)4/h6,8H,5,7,9H2,1-4H3. The van der Waals surface area contributed by atoms with Crippen LogP contribution in [0.15, 0.2) is 23.3 Å². The first-order valence-electron chi connectivity index (χ1n) is 4.48. The van der Waals surface area contributed by atoms with Crippen molar-refractivity contribution < 1.29 is 0 Å². The second-order valence-corrected chi connectivity index (χ2v) is 3.18. The molecule has 0 unspecified atom stereocenters. The Morgan fingerprint density at radius 3 is 2.27 bits per heavy atom. The predicted molar refractivity (Wildman–Crippen MR) is 52.7 cm³/mol. The monoisotopic (exact) mass is 152 g/mol. The Balaban J connectivity index is 3.81. The summed E-state index contributed by atoms with van der Waals surface area (Å²) in [4.78, 5) is 0. The smallest absolute Gasteiger partial charge is 0.0136 e. The van der Waals surface area contributed by atoms with E-state index in [4.69, 9.17) is 0 Å². The lowest BCUT2D eigenvalue weighted by Gasteiger charge is -2.00. The van der Waals surface area contributed by atoms with Crippen LogP contribution in [0.1, 0.15) is 47.0 Å². The number of hydrogen-bond donors (Lipinski definition) is 0. The van der Waals surface area contributed by atoms with Crippen LogP contribution in [0.5, 0.6) is 0 Å². The third-order valence-electron chi connectivity index (χ3n) is 1.75. The molecule has 0 nitrogen and oxygen atoms in total. The maximum absolute atomic E-state index is 2.30. The zero-order valence-corrected chi connectivity index (χ0v) is 8.28. The largest absolute Gasteiger partial charge is 0.0881 e. The van der Waals surface area contributed by atoms with E-state index in [1.165, 1.54) is 18.4 Å². The molecule has 0 radical (unpaired) electrons. The van der Waals surface area contributed by atoms with Gasteiger partial charge < -0.3 is 0 Å². The summed E-state index contributed by atoms with van der Waals surface area (Å²) in [7, 11) is 0. The summed E-state index contributed by atoms with van der Waals surface area (Å²) in [6.07, 6.45) is 8.19. The van der Waals surface area contributed by atoms with Crippen LogP contribution in [-0.4, -0.2) is 0 Å². The van der Waals surface area contributed by atoms with Gasteiger partial charge in [-0.1, -0.05) is 36.6 Å². The van der Waals surface area contributed by atoms with Crippen LogP contribution in [0.3, 0.4) is 0 Å². The fourth-order valence-electron chi connectivity index (χ4n) is 1.02. The van der Waals surface area contributed by atoms with Crippen LogP contribution in [0.4, 0.5) is 0 Å². The van der Waals surface area contributed by atoms with Crippen molar-refractivity contribution in [3.63, 3.8) is 0 Å². The van der Waals surface area contributed by atoms with E-state index in [1.54, 1.807) is 5.57 Å². The van der Waals surface area contributed by atoms with Gasteiger partial charge in [0.25, 0.3) is 0 Å². The lowest BCUT2D eigenvalue weighted by molar-refractivity contribution is 0.875. The van der Waals surface area contributed by atoms with Gasteiger partial charge in [0, 0.05) is 0 Å². The van der Waals surface area contributed by atoms with Gasteiger partial charge in [0.2, 0.25) is 0 Å². The lowest BCUT2D eigenvalue weighted by atomic mass is 10.1. The van der Waals surface area contributed by atoms with E-state index in [-0.39, 0.29) is 0 Å². The van der Waals surface area contributed by atoms with Crippen molar-refractivity contribution >= 4 is 0 Å². The molecule has 0 atom stereocenters. The molecular weight excluding hydrogens is 132 g/mol. The fraction of sp³-hybridized carbons (Fsp3) is 0.636. The first kappa shape index (κ1) is 10.5. The molecule has 0 aromatic heterocycles. The van der Waals surface area contributed by atoms with Crippen LogP contribution in [0, 0.1) is 0 Å². The summed E-state index contributed by atoms with van der Waals surface area (Å²) in [5.41, 5.74) is 2.98. The van der Waals surface area contributed by atoms with E-state index in [0.717, 1.165) is 6.42 Å². The lowest BCUT2D eigenvalue weighted by Crippen LogP contribution is -1.80. The second kappa shape index (κ2) is 6.21. The van der Waals surface area contributed by atoms with Crippen molar-refractivity contribution in [2.75, 3.05) is 0 Å². The van der Waals surface area contributed by atoms with Gasteiger partial charge in [-0.05, 0) is 33.6 Å². The Kier molecular flexibility index (Phi) is 5.91. The van der Waals surface area contributed by atoms with Crippen molar-refractivity contribution in [3.05, 3.63) is 23.3 Å². The summed E-state index contributed by atoms with van der Waals surface area (Å²) < 4.78 is 0. The quantitative estimate of drug-likeness (QED) is 0.532. The summed E-state index contributed by atoms with van der Waals surface area (Å²) in [6, 6.07) is 0. The molecule has 0 saturated carbocycles. The second-order valence-electron chi connectivity index (χ2n) is 3.18. The molecule has 0 spiro atoms. The molecule has 0 fully saturated rings. The van der Waals surface area contributed by atoms with Crippen LogP contribution < -0.4 is 0 Å². The van der Waals surface area contributed by atoms with Gasteiger partial charge >= 0.3 is 0 Å². The fourth-order valence-corrected chi connectivity index (χ4v) is 1.02. The van der Waals surface area contributed by atoms with Gasteiger partial charge in [-0.25, -0.2) is 0 Å². The molecule has 0 aliphatic rings. The predicted octanol–water partition coefficient (Wildman–Crippen LogP) is 4.09. The minimum Gasteiger partial charge on any atom is -0.0881 e. The van der Waals surface area contributed by atoms with Crippen molar-refractivity contribution in [2.45, 2.75) is 47.0 Å². The molecule has 64 valence electrons. The zero-order valence-electron chi connectivity index (χ0n) is 8.28. The number of rotatable bonds is 4. The highest BCUT2D eigenvalue weighted by molar-refractivity contribution is 5.08. The Morgan fingerprint density at radius 2 is 1.91 bits per heavy atom. The normalized spacial score (nSPS) is 11.5. The summed E-state index contributed by atoms with van der Waals surface area (Å²) in [5, 5.41) is 0. The number of allylic oxidation sites excluding steroid dienone is 4. The average Bonchev–Trinajstić information content (AvgIpc) is 1.97. The average molecular weight is 152 g/mol. The summed E-state index contributed by atoms with van der Waals surface area (Å²) in [5.74, 6) is 0. The van der Waals surface area contributed by atoms with Crippen molar-refractivity contribution in [3.8, 4) is 0 Å². The Bertz CT molecular complexity index is 145. The molecule has 0 heteroatoms. The zero-order chi connectivity index (χ0) is 8.69. The van der Waals surface area contributed by atoms with E-state index < -0.39 is 0 Å². The van der Waals surface area contributed by atoms with Gasteiger partial charge in [0.1, 0.15) is 0 Å². The van der Waals surface area contributed by atoms with Gasteiger partial charge in [-0.3, -0.25) is 0 Å². The van der Waals surface area contributed by atoms with E-state index in [9.17, 15) is 0 Å². The Hall–Kier alpha value is -0.520. The third kappa shape index (κ3) is 5.90. The maximum Gasteiger partial charge on any atom is -0.0136 e. The molecule has 0 bridgehead atoms. The molecular formula is C11H20. The first-order chi connectivity index (χ1) is 5.20. The van der Waals surface area contributed by atoms with Crippen molar-refractivity contribution in [2.24, 2.45) is 0 Å². The minimum absolute atomic E-state index is 1.15. The third-order valence-corrected chi connectivity index (χ3v) is 1.75. The van der Waals surface area contributed by atoms with Gasteiger partial charge in [-0.15, -0.1) is 0 Å². The molecule has 0 aliphatic heterocycles. The molecule has 0 aromatic rings. The minimum atomic E-state index is 1.15. The highest BCUT2D eigenvalue weighted by Gasteiger charge is 1.90. The van der Waals surface area contributed by atoms with Gasteiger partial charge in [-0.2, -0.15) is 0 Å².